The summed E-state index contributed by atoms with van der Waals surface area (Å²) in [5.41, 5.74) is 14.7. The molecule has 4 saturated carbocycles. The van der Waals surface area contributed by atoms with Crippen molar-refractivity contribution >= 4 is 10.9 Å². The smallest absolute Gasteiger partial charge is 0.164 e. The minimum atomic E-state index is 0.0977. The van der Waals surface area contributed by atoms with Gasteiger partial charge in [-0.25, -0.2) is 15.0 Å². The zero-order chi connectivity index (χ0) is 36.8. The largest absolute Gasteiger partial charge is 0.256 e. The maximum atomic E-state index is 5.20. The number of aromatic nitrogens is 4. The van der Waals surface area contributed by atoms with Gasteiger partial charge in [-0.2, -0.15) is 0 Å². The molecular weight excluding hydrogens is 681 g/mol. The molecule has 1 spiro atoms. The molecule has 0 unspecified atom stereocenters. The molecule has 268 valence electrons. The minimum absolute atomic E-state index is 0.0977. The van der Waals surface area contributed by atoms with Crippen LogP contribution in [0.2, 0.25) is 0 Å². The summed E-state index contributed by atoms with van der Waals surface area (Å²) in [6.07, 6.45) is 8.79. The molecule has 6 aromatic carbocycles. The Morgan fingerprint density at radius 3 is 1.70 bits per heavy atom. The molecule has 56 heavy (non-hydrogen) atoms. The highest BCUT2D eigenvalue weighted by atomic mass is 15.0. The third kappa shape index (κ3) is 4.84. The third-order valence-electron chi connectivity index (χ3n) is 13.7. The number of fused-ring (bicyclic) bond motifs is 4. The van der Waals surface area contributed by atoms with Crippen molar-refractivity contribution in [1.82, 2.24) is 19.9 Å². The van der Waals surface area contributed by atoms with Crippen LogP contribution in [0.15, 0.2) is 158 Å². The molecule has 4 nitrogen and oxygen atoms in total. The van der Waals surface area contributed by atoms with Gasteiger partial charge in [-0.1, -0.05) is 115 Å². The Bertz CT molecular complexity index is 2740. The summed E-state index contributed by atoms with van der Waals surface area (Å²) in [5.74, 6) is 5.20. The van der Waals surface area contributed by atoms with Gasteiger partial charge in [0.2, 0.25) is 0 Å². The zero-order valence-electron chi connectivity index (χ0n) is 31.1. The van der Waals surface area contributed by atoms with Crippen LogP contribution in [0.3, 0.4) is 0 Å². The molecule has 8 aromatic rings. The van der Waals surface area contributed by atoms with Crippen LogP contribution in [-0.4, -0.2) is 19.9 Å². The van der Waals surface area contributed by atoms with E-state index in [9.17, 15) is 0 Å². The van der Waals surface area contributed by atoms with E-state index < -0.39 is 0 Å². The molecule has 0 saturated heterocycles. The summed E-state index contributed by atoms with van der Waals surface area (Å²) >= 11 is 0. The lowest BCUT2D eigenvalue weighted by Crippen LogP contribution is -2.55. The van der Waals surface area contributed by atoms with Crippen LogP contribution in [0.1, 0.15) is 43.2 Å². The maximum absolute atomic E-state index is 5.20. The number of benzene rings is 6. The minimum Gasteiger partial charge on any atom is -0.256 e. The van der Waals surface area contributed by atoms with E-state index in [-0.39, 0.29) is 5.41 Å². The van der Waals surface area contributed by atoms with Gasteiger partial charge in [-0.05, 0) is 137 Å². The summed E-state index contributed by atoms with van der Waals surface area (Å²) in [6, 6.07) is 54.8. The van der Waals surface area contributed by atoms with Crippen molar-refractivity contribution in [3.63, 3.8) is 0 Å². The van der Waals surface area contributed by atoms with Crippen molar-refractivity contribution in [3.05, 3.63) is 169 Å². The molecule has 4 bridgehead atoms. The average Bonchev–Trinajstić information content (AvgIpc) is 3.55. The van der Waals surface area contributed by atoms with Crippen LogP contribution >= 0.6 is 0 Å². The Morgan fingerprint density at radius 1 is 0.393 bits per heavy atom. The highest BCUT2D eigenvalue weighted by molar-refractivity contribution is 5.96. The molecule has 0 radical (unpaired) electrons. The Hall–Kier alpha value is -6.26. The zero-order valence-corrected chi connectivity index (χ0v) is 31.1. The second kappa shape index (κ2) is 12.4. The summed E-state index contributed by atoms with van der Waals surface area (Å²) in [7, 11) is 0. The van der Waals surface area contributed by atoms with E-state index in [2.05, 4.69) is 109 Å². The first-order chi connectivity index (χ1) is 27.7. The summed E-state index contributed by atoms with van der Waals surface area (Å²) in [6.45, 7) is 0. The van der Waals surface area contributed by atoms with E-state index in [1.165, 1.54) is 54.4 Å². The monoisotopic (exact) mass is 720 g/mol. The lowest BCUT2D eigenvalue weighted by Gasteiger charge is -2.61. The van der Waals surface area contributed by atoms with Crippen molar-refractivity contribution in [3.8, 4) is 67.5 Å². The molecule has 0 N–H and O–H groups in total. The van der Waals surface area contributed by atoms with E-state index in [4.69, 9.17) is 19.9 Å². The van der Waals surface area contributed by atoms with Crippen LogP contribution in [-0.2, 0) is 5.41 Å². The number of hydrogen-bond donors (Lipinski definition) is 0. The molecule has 2 heterocycles. The highest BCUT2D eigenvalue weighted by Crippen LogP contribution is 2.69. The molecule has 5 aliphatic rings. The molecule has 5 aliphatic carbocycles. The van der Waals surface area contributed by atoms with Gasteiger partial charge >= 0.3 is 0 Å². The maximum Gasteiger partial charge on any atom is 0.164 e. The number of hydrogen-bond acceptors (Lipinski definition) is 4. The standard InChI is InChI=1S/C52H40N4/c1-3-11-34(12-4-1)49-54-50(35-13-5-2-6-14-35)56-51(55-49)39-29-37(28-38(30-39)42-16-9-19-48-45(42)17-10-22-53-48)36-20-21-44-43-15-7-8-18-46(43)52(47(44)31-36)40-24-32-23-33(26-40)27-41(52)25-32/h1-22,28-33,40-41H,23-27H2. The predicted octanol–water partition coefficient (Wildman–Crippen LogP) is 12.5. The lowest BCUT2D eigenvalue weighted by atomic mass is 9.43. The highest BCUT2D eigenvalue weighted by Gasteiger charge is 2.61. The van der Waals surface area contributed by atoms with Crippen LogP contribution in [0, 0.1) is 23.7 Å². The Balaban J connectivity index is 1.09. The Kier molecular flexibility index (Phi) is 7.08. The molecule has 0 atom stereocenters. The average molecular weight is 721 g/mol. The van der Waals surface area contributed by atoms with Crippen molar-refractivity contribution in [2.24, 2.45) is 23.7 Å². The third-order valence-corrected chi connectivity index (χ3v) is 13.7. The fourth-order valence-corrected chi connectivity index (χ4v) is 11.7. The van der Waals surface area contributed by atoms with Crippen molar-refractivity contribution in [2.75, 3.05) is 0 Å². The van der Waals surface area contributed by atoms with Crippen LogP contribution in [0.4, 0.5) is 0 Å². The van der Waals surface area contributed by atoms with E-state index in [1.54, 1.807) is 11.1 Å². The summed E-state index contributed by atoms with van der Waals surface area (Å²) < 4.78 is 0. The van der Waals surface area contributed by atoms with Gasteiger partial charge in [0.25, 0.3) is 0 Å². The van der Waals surface area contributed by atoms with Gasteiger partial charge in [-0.3, -0.25) is 4.98 Å². The molecule has 0 amide bonds. The van der Waals surface area contributed by atoms with Gasteiger partial charge in [0.1, 0.15) is 0 Å². The van der Waals surface area contributed by atoms with Crippen molar-refractivity contribution < 1.29 is 0 Å². The molecule has 13 rings (SSSR count). The predicted molar refractivity (Wildman–Crippen MR) is 226 cm³/mol. The van der Waals surface area contributed by atoms with E-state index in [1.807, 2.05) is 48.7 Å². The van der Waals surface area contributed by atoms with Gasteiger partial charge in [0.15, 0.2) is 17.5 Å². The molecule has 2 aromatic heterocycles. The van der Waals surface area contributed by atoms with Gasteiger partial charge in [0.05, 0.1) is 5.52 Å². The number of rotatable bonds is 5. The van der Waals surface area contributed by atoms with Gasteiger partial charge in [-0.15, -0.1) is 0 Å². The molecule has 0 aliphatic heterocycles. The SMILES string of the molecule is c1ccc(-c2nc(-c3ccccc3)nc(-c3cc(-c4ccc5c(c4)C4(c6ccccc6-5)C5CC6CC(C5)CC4C6)cc(-c4cccc5ncccc45)c3)n2)cc1. The van der Waals surface area contributed by atoms with E-state index in [0.29, 0.717) is 29.3 Å². The van der Waals surface area contributed by atoms with E-state index in [0.717, 1.165) is 50.6 Å². The lowest BCUT2D eigenvalue weighted by molar-refractivity contribution is -0.0399. The summed E-state index contributed by atoms with van der Waals surface area (Å²) in [5, 5.41) is 1.13. The molecular formula is C52H40N4. The fourth-order valence-electron chi connectivity index (χ4n) is 11.7. The van der Waals surface area contributed by atoms with Crippen LogP contribution in [0.25, 0.3) is 78.4 Å². The second-order valence-corrected chi connectivity index (χ2v) is 16.7. The Morgan fingerprint density at radius 2 is 0.982 bits per heavy atom. The van der Waals surface area contributed by atoms with E-state index >= 15 is 0 Å². The first-order valence-electron chi connectivity index (χ1n) is 20.3. The molecule has 4 fully saturated rings. The Labute approximate surface area is 327 Å². The van der Waals surface area contributed by atoms with Crippen molar-refractivity contribution in [2.45, 2.75) is 37.5 Å². The first kappa shape index (κ1) is 32.0. The number of nitrogens with zero attached hydrogens (tertiary/aromatic N) is 4. The quantitative estimate of drug-likeness (QED) is 0.178. The summed E-state index contributed by atoms with van der Waals surface area (Å²) in [4.78, 5) is 20.1. The normalized spacial score (nSPS) is 22.7. The first-order valence-corrected chi connectivity index (χ1v) is 20.3. The molecule has 4 heteroatoms. The van der Waals surface area contributed by atoms with Crippen LogP contribution in [0.5, 0.6) is 0 Å². The number of pyridine rings is 1. The topological polar surface area (TPSA) is 51.6 Å². The van der Waals surface area contributed by atoms with Crippen LogP contribution < -0.4 is 0 Å². The van der Waals surface area contributed by atoms with Gasteiger partial charge < -0.3 is 0 Å². The van der Waals surface area contributed by atoms with Gasteiger partial charge in [0, 0.05) is 33.7 Å². The second-order valence-electron chi connectivity index (χ2n) is 16.7. The van der Waals surface area contributed by atoms with Crippen molar-refractivity contribution in [1.29, 1.82) is 0 Å². The fraction of sp³-hybridized carbons (Fsp3) is 0.192.